The zero-order valence-electron chi connectivity index (χ0n) is 13.9. The van der Waals surface area contributed by atoms with Crippen molar-refractivity contribution in [1.29, 1.82) is 0 Å². The van der Waals surface area contributed by atoms with Crippen LogP contribution < -0.4 is 11.1 Å². The first-order valence-electron chi connectivity index (χ1n) is 7.60. The van der Waals surface area contributed by atoms with Crippen molar-refractivity contribution in [3.63, 3.8) is 0 Å². The van der Waals surface area contributed by atoms with E-state index >= 15 is 0 Å². The third-order valence-electron chi connectivity index (χ3n) is 3.90. The number of hydrogen-bond acceptors (Lipinski definition) is 3. The highest BCUT2D eigenvalue weighted by Gasteiger charge is 2.11. The standard InChI is InChI=1S/C17H29N3O/c1-12(2)16(18)8-9-20(5)11-17(21)19-15-7-6-13(3)14(4)10-15/h6-7,10,12,16H,8-9,11,18H2,1-5H3,(H,19,21). The van der Waals surface area contributed by atoms with Crippen molar-refractivity contribution in [2.45, 2.75) is 40.2 Å². The molecule has 1 amide bonds. The Kier molecular flexibility index (Phi) is 6.85. The number of amides is 1. The van der Waals surface area contributed by atoms with Gasteiger partial charge >= 0.3 is 0 Å². The summed E-state index contributed by atoms with van der Waals surface area (Å²) >= 11 is 0. The summed E-state index contributed by atoms with van der Waals surface area (Å²) in [7, 11) is 1.95. The maximum absolute atomic E-state index is 12.0. The Morgan fingerprint density at radius 1 is 1.29 bits per heavy atom. The molecule has 4 nitrogen and oxygen atoms in total. The lowest BCUT2D eigenvalue weighted by Crippen LogP contribution is -2.35. The van der Waals surface area contributed by atoms with Gasteiger partial charge in [0, 0.05) is 11.7 Å². The molecule has 0 saturated carbocycles. The van der Waals surface area contributed by atoms with Gasteiger partial charge in [0.1, 0.15) is 0 Å². The summed E-state index contributed by atoms with van der Waals surface area (Å²) in [6.45, 7) is 9.57. The summed E-state index contributed by atoms with van der Waals surface area (Å²) in [6, 6.07) is 6.16. The van der Waals surface area contributed by atoms with Gasteiger partial charge in [0.25, 0.3) is 0 Å². The van der Waals surface area contributed by atoms with E-state index in [1.807, 2.05) is 37.1 Å². The van der Waals surface area contributed by atoms with Crippen molar-refractivity contribution in [3.05, 3.63) is 29.3 Å². The van der Waals surface area contributed by atoms with E-state index in [9.17, 15) is 4.79 Å². The molecule has 1 atom stereocenters. The third kappa shape index (κ3) is 6.27. The predicted octanol–water partition coefficient (Wildman–Crippen LogP) is 2.55. The van der Waals surface area contributed by atoms with Gasteiger partial charge in [-0.1, -0.05) is 19.9 Å². The molecule has 0 aliphatic carbocycles. The maximum atomic E-state index is 12.0. The van der Waals surface area contributed by atoms with E-state index in [0.29, 0.717) is 12.5 Å². The van der Waals surface area contributed by atoms with Gasteiger partial charge in [0.05, 0.1) is 6.54 Å². The lowest BCUT2D eigenvalue weighted by Gasteiger charge is -2.21. The number of anilines is 1. The molecule has 118 valence electrons. The van der Waals surface area contributed by atoms with Crippen LogP contribution in [0.5, 0.6) is 0 Å². The lowest BCUT2D eigenvalue weighted by atomic mass is 10.0. The third-order valence-corrected chi connectivity index (χ3v) is 3.90. The number of rotatable bonds is 7. The van der Waals surface area contributed by atoms with Crippen LogP contribution in [0.2, 0.25) is 0 Å². The molecule has 1 unspecified atom stereocenters. The molecule has 0 radical (unpaired) electrons. The molecule has 3 N–H and O–H groups in total. The summed E-state index contributed by atoms with van der Waals surface area (Å²) in [5.41, 5.74) is 9.29. The second kappa shape index (κ2) is 8.15. The van der Waals surface area contributed by atoms with Crippen molar-refractivity contribution < 1.29 is 4.79 Å². The monoisotopic (exact) mass is 291 g/mol. The van der Waals surface area contributed by atoms with E-state index in [1.165, 1.54) is 11.1 Å². The molecule has 0 bridgehead atoms. The van der Waals surface area contributed by atoms with Crippen molar-refractivity contribution in [2.24, 2.45) is 11.7 Å². The molecular formula is C17H29N3O. The minimum Gasteiger partial charge on any atom is -0.327 e. The second-order valence-electron chi connectivity index (χ2n) is 6.28. The molecule has 1 aromatic carbocycles. The molecule has 21 heavy (non-hydrogen) atoms. The predicted molar refractivity (Wildman–Crippen MR) is 89.5 cm³/mol. The van der Waals surface area contributed by atoms with Crippen LogP contribution in [-0.4, -0.2) is 37.0 Å². The SMILES string of the molecule is Cc1ccc(NC(=O)CN(C)CCC(N)C(C)C)cc1C. The van der Waals surface area contributed by atoms with Gasteiger partial charge in [-0.3, -0.25) is 9.69 Å². The van der Waals surface area contributed by atoms with Gasteiger partial charge in [-0.15, -0.1) is 0 Å². The topological polar surface area (TPSA) is 58.4 Å². The van der Waals surface area contributed by atoms with E-state index in [2.05, 4.69) is 26.1 Å². The summed E-state index contributed by atoms with van der Waals surface area (Å²) in [6.07, 6.45) is 0.908. The van der Waals surface area contributed by atoms with Crippen molar-refractivity contribution in [1.82, 2.24) is 4.90 Å². The van der Waals surface area contributed by atoms with E-state index in [4.69, 9.17) is 5.73 Å². The Morgan fingerprint density at radius 3 is 2.52 bits per heavy atom. The second-order valence-corrected chi connectivity index (χ2v) is 6.28. The Hall–Kier alpha value is -1.39. The normalized spacial score (nSPS) is 12.8. The summed E-state index contributed by atoms with van der Waals surface area (Å²) < 4.78 is 0. The number of nitrogens with two attached hydrogens (primary N) is 1. The minimum absolute atomic E-state index is 0.0128. The Labute approximate surface area is 128 Å². The van der Waals surface area contributed by atoms with Crippen molar-refractivity contribution in [2.75, 3.05) is 25.5 Å². The Bertz CT molecular complexity index is 471. The van der Waals surface area contributed by atoms with Crippen LogP contribution in [0.15, 0.2) is 18.2 Å². The number of aryl methyl sites for hydroxylation is 2. The first-order valence-corrected chi connectivity index (χ1v) is 7.60. The van der Waals surface area contributed by atoms with Crippen LogP contribution in [0, 0.1) is 19.8 Å². The number of carbonyl (C=O) groups is 1. The zero-order chi connectivity index (χ0) is 16.0. The number of nitrogens with one attached hydrogen (secondary N) is 1. The van der Waals surface area contributed by atoms with Crippen LogP contribution in [0.4, 0.5) is 5.69 Å². The molecular weight excluding hydrogens is 262 g/mol. The fourth-order valence-electron chi connectivity index (χ4n) is 2.05. The Morgan fingerprint density at radius 2 is 1.95 bits per heavy atom. The van der Waals surface area contributed by atoms with Gasteiger partial charge in [-0.2, -0.15) is 0 Å². The smallest absolute Gasteiger partial charge is 0.238 e. The molecule has 0 saturated heterocycles. The first kappa shape index (κ1) is 17.7. The van der Waals surface area contributed by atoms with Gasteiger partial charge < -0.3 is 11.1 Å². The van der Waals surface area contributed by atoms with Crippen LogP contribution in [0.1, 0.15) is 31.4 Å². The largest absolute Gasteiger partial charge is 0.327 e. The van der Waals surface area contributed by atoms with Gasteiger partial charge in [-0.25, -0.2) is 0 Å². The summed E-state index contributed by atoms with van der Waals surface area (Å²) in [4.78, 5) is 14.0. The van der Waals surface area contributed by atoms with E-state index in [0.717, 1.165) is 18.7 Å². The van der Waals surface area contributed by atoms with Gasteiger partial charge in [0.15, 0.2) is 0 Å². The number of carbonyl (C=O) groups excluding carboxylic acids is 1. The van der Waals surface area contributed by atoms with E-state index < -0.39 is 0 Å². The van der Waals surface area contributed by atoms with Crippen LogP contribution in [0.3, 0.4) is 0 Å². The summed E-state index contributed by atoms with van der Waals surface area (Å²) in [5, 5.41) is 2.94. The summed E-state index contributed by atoms with van der Waals surface area (Å²) in [5.74, 6) is 0.488. The molecule has 0 aromatic heterocycles. The number of nitrogens with zero attached hydrogens (tertiary/aromatic N) is 1. The van der Waals surface area contributed by atoms with Gasteiger partial charge in [-0.05, 0) is 63.0 Å². The number of hydrogen-bond donors (Lipinski definition) is 2. The lowest BCUT2D eigenvalue weighted by molar-refractivity contribution is -0.117. The fraction of sp³-hybridized carbons (Fsp3) is 0.588. The first-order chi connectivity index (χ1) is 9.79. The highest BCUT2D eigenvalue weighted by Crippen LogP contribution is 2.14. The molecule has 0 aliphatic heterocycles. The number of likely N-dealkylation sites (N-methyl/N-ethyl adjacent to an activating group) is 1. The number of benzene rings is 1. The highest BCUT2D eigenvalue weighted by molar-refractivity contribution is 5.92. The maximum Gasteiger partial charge on any atom is 0.238 e. The van der Waals surface area contributed by atoms with E-state index in [-0.39, 0.29) is 11.9 Å². The molecule has 0 spiro atoms. The minimum atomic E-state index is 0.0128. The molecule has 1 rings (SSSR count). The van der Waals surface area contributed by atoms with Crippen molar-refractivity contribution >= 4 is 11.6 Å². The van der Waals surface area contributed by atoms with Crippen LogP contribution >= 0.6 is 0 Å². The Balaban J connectivity index is 2.40. The average Bonchev–Trinajstić information content (AvgIpc) is 2.40. The average molecular weight is 291 g/mol. The quantitative estimate of drug-likeness (QED) is 0.811. The molecule has 0 fully saturated rings. The van der Waals surface area contributed by atoms with Crippen LogP contribution in [-0.2, 0) is 4.79 Å². The zero-order valence-corrected chi connectivity index (χ0v) is 13.9. The molecule has 0 heterocycles. The molecule has 4 heteroatoms. The van der Waals surface area contributed by atoms with Gasteiger partial charge in [0.2, 0.25) is 5.91 Å². The highest BCUT2D eigenvalue weighted by atomic mass is 16.2. The molecule has 0 aliphatic rings. The van der Waals surface area contributed by atoms with Crippen LogP contribution in [0.25, 0.3) is 0 Å². The van der Waals surface area contributed by atoms with E-state index in [1.54, 1.807) is 0 Å². The fourth-order valence-corrected chi connectivity index (χ4v) is 2.05. The molecule has 1 aromatic rings. The van der Waals surface area contributed by atoms with Crippen molar-refractivity contribution in [3.8, 4) is 0 Å².